The monoisotopic (exact) mass is 180 g/mol. The molecule has 0 aromatic carbocycles. The molecule has 0 radical (unpaired) electrons. The standard InChI is InChI=1S/C10H12OS/c1-9(11)4-2-3-5-10-6-7-12-8-10/h2,4,6-8H,3,5H2,1H3/b4-2+. The van der Waals surface area contributed by atoms with Crippen LogP contribution in [0.3, 0.4) is 0 Å². The Labute approximate surface area is 76.7 Å². The summed E-state index contributed by atoms with van der Waals surface area (Å²) in [6.07, 6.45) is 5.55. The van der Waals surface area contributed by atoms with Crippen molar-refractivity contribution in [2.24, 2.45) is 0 Å². The second-order valence-corrected chi connectivity index (χ2v) is 3.46. The van der Waals surface area contributed by atoms with Gasteiger partial charge in [0, 0.05) is 0 Å². The van der Waals surface area contributed by atoms with Crippen molar-refractivity contribution < 1.29 is 4.79 Å². The smallest absolute Gasteiger partial charge is 0.152 e. The molecule has 1 aromatic rings. The predicted molar refractivity (Wildman–Crippen MR) is 52.5 cm³/mol. The van der Waals surface area contributed by atoms with Gasteiger partial charge in [-0.05, 0) is 48.2 Å². The summed E-state index contributed by atoms with van der Waals surface area (Å²) < 4.78 is 0. The highest BCUT2D eigenvalue weighted by Crippen LogP contribution is 2.08. The second-order valence-electron chi connectivity index (χ2n) is 2.68. The number of aryl methyl sites for hydroxylation is 1. The highest BCUT2D eigenvalue weighted by atomic mass is 32.1. The molecule has 1 rings (SSSR count). The molecule has 0 saturated heterocycles. The maximum atomic E-state index is 10.5. The number of allylic oxidation sites excluding steroid dienone is 2. The third kappa shape index (κ3) is 3.49. The molecular weight excluding hydrogens is 168 g/mol. The van der Waals surface area contributed by atoms with Crippen molar-refractivity contribution in [3.05, 3.63) is 34.5 Å². The summed E-state index contributed by atoms with van der Waals surface area (Å²) in [5.74, 6) is 0.125. The van der Waals surface area contributed by atoms with E-state index >= 15 is 0 Å². The van der Waals surface area contributed by atoms with Gasteiger partial charge >= 0.3 is 0 Å². The second kappa shape index (κ2) is 4.88. The first-order valence-corrected chi connectivity index (χ1v) is 4.91. The molecule has 0 N–H and O–H groups in total. The minimum Gasteiger partial charge on any atom is -0.295 e. The summed E-state index contributed by atoms with van der Waals surface area (Å²) in [5.41, 5.74) is 1.35. The van der Waals surface area contributed by atoms with Crippen LogP contribution < -0.4 is 0 Å². The van der Waals surface area contributed by atoms with Crippen LogP contribution in [-0.4, -0.2) is 5.78 Å². The minimum absolute atomic E-state index is 0.125. The normalized spacial score (nSPS) is 10.8. The van der Waals surface area contributed by atoms with Crippen LogP contribution >= 0.6 is 11.3 Å². The van der Waals surface area contributed by atoms with Crippen LogP contribution in [0.15, 0.2) is 29.0 Å². The van der Waals surface area contributed by atoms with Crippen molar-refractivity contribution in [1.29, 1.82) is 0 Å². The lowest BCUT2D eigenvalue weighted by Gasteiger charge is -1.89. The number of rotatable bonds is 4. The lowest BCUT2D eigenvalue weighted by molar-refractivity contribution is -0.112. The molecule has 0 atom stereocenters. The molecular formula is C10H12OS. The molecule has 64 valence electrons. The van der Waals surface area contributed by atoms with Crippen molar-refractivity contribution in [2.75, 3.05) is 0 Å². The van der Waals surface area contributed by atoms with E-state index in [1.54, 1.807) is 24.3 Å². The molecule has 1 heterocycles. The Hall–Kier alpha value is -0.890. The van der Waals surface area contributed by atoms with E-state index in [2.05, 4.69) is 16.8 Å². The average Bonchev–Trinajstić information content (AvgIpc) is 2.49. The Morgan fingerprint density at radius 1 is 1.67 bits per heavy atom. The van der Waals surface area contributed by atoms with Crippen LogP contribution in [0.5, 0.6) is 0 Å². The zero-order valence-electron chi connectivity index (χ0n) is 7.12. The van der Waals surface area contributed by atoms with E-state index in [1.165, 1.54) is 5.56 Å². The number of hydrogen-bond donors (Lipinski definition) is 0. The fraction of sp³-hybridized carbons (Fsp3) is 0.300. The van der Waals surface area contributed by atoms with Crippen molar-refractivity contribution in [1.82, 2.24) is 0 Å². The summed E-state index contributed by atoms with van der Waals surface area (Å²) >= 11 is 1.71. The van der Waals surface area contributed by atoms with Crippen LogP contribution in [0.1, 0.15) is 18.9 Å². The molecule has 0 aliphatic carbocycles. The van der Waals surface area contributed by atoms with Crippen LogP contribution in [0.4, 0.5) is 0 Å². The molecule has 0 aliphatic heterocycles. The Kier molecular flexibility index (Phi) is 3.74. The van der Waals surface area contributed by atoms with Crippen LogP contribution in [0.25, 0.3) is 0 Å². The first-order valence-electron chi connectivity index (χ1n) is 3.97. The number of hydrogen-bond acceptors (Lipinski definition) is 2. The molecule has 0 saturated carbocycles. The van der Waals surface area contributed by atoms with Gasteiger partial charge in [-0.1, -0.05) is 6.08 Å². The van der Waals surface area contributed by atoms with Gasteiger partial charge in [0.15, 0.2) is 5.78 Å². The average molecular weight is 180 g/mol. The topological polar surface area (TPSA) is 17.1 Å². The molecule has 2 heteroatoms. The summed E-state index contributed by atoms with van der Waals surface area (Å²) in [6, 6.07) is 2.12. The van der Waals surface area contributed by atoms with Crippen molar-refractivity contribution >= 4 is 17.1 Å². The third-order valence-electron chi connectivity index (χ3n) is 1.53. The number of carbonyl (C=O) groups excluding carboxylic acids is 1. The van der Waals surface area contributed by atoms with E-state index in [0.717, 1.165) is 12.8 Å². The molecule has 0 bridgehead atoms. The van der Waals surface area contributed by atoms with E-state index in [4.69, 9.17) is 0 Å². The Morgan fingerprint density at radius 3 is 3.08 bits per heavy atom. The highest BCUT2D eigenvalue weighted by Gasteiger charge is 1.89. The molecule has 0 aliphatic rings. The first kappa shape index (κ1) is 9.20. The number of thiophene rings is 1. The summed E-state index contributed by atoms with van der Waals surface area (Å²) in [5, 5.41) is 4.21. The Balaban J connectivity index is 2.23. The van der Waals surface area contributed by atoms with E-state index in [0.29, 0.717) is 0 Å². The minimum atomic E-state index is 0.125. The van der Waals surface area contributed by atoms with Crippen molar-refractivity contribution in [3.63, 3.8) is 0 Å². The van der Waals surface area contributed by atoms with Gasteiger partial charge in [0.2, 0.25) is 0 Å². The molecule has 12 heavy (non-hydrogen) atoms. The van der Waals surface area contributed by atoms with Crippen molar-refractivity contribution in [2.45, 2.75) is 19.8 Å². The summed E-state index contributed by atoms with van der Waals surface area (Å²) in [4.78, 5) is 10.5. The predicted octanol–water partition coefficient (Wildman–Crippen LogP) is 2.83. The first-order chi connectivity index (χ1) is 5.79. The lowest BCUT2D eigenvalue weighted by atomic mass is 10.2. The van der Waals surface area contributed by atoms with E-state index in [-0.39, 0.29) is 5.78 Å². The molecule has 1 nitrogen and oxygen atoms in total. The number of carbonyl (C=O) groups is 1. The highest BCUT2D eigenvalue weighted by molar-refractivity contribution is 7.07. The third-order valence-corrected chi connectivity index (χ3v) is 2.26. The molecule has 0 fully saturated rings. The number of ketones is 1. The van der Waals surface area contributed by atoms with Gasteiger partial charge in [-0.15, -0.1) is 0 Å². The van der Waals surface area contributed by atoms with E-state index in [9.17, 15) is 4.79 Å². The fourth-order valence-electron chi connectivity index (χ4n) is 0.934. The van der Waals surface area contributed by atoms with Gasteiger partial charge in [0.1, 0.15) is 0 Å². The van der Waals surface area contributed by atoms with Gasteiger partial charge in [0.25, 0.3) is 0 Å². The largest absolute Gasteiger partial charge is 0.295 e. The quantitative estimate of drug-likeness (QED) is 0.651. The van der Waals surface area contributed by atoms with Crippen LogP contribution in [0, 0.1) is 0 Å². The van der Waals surface area contributed by atoms with Crippen LogP contribution in [-0.2, 0) is 11.2 Å². The molecule has 0 spiro atoms. The lowest BCUT2D eigenvalue weighted by Crippen LogP contribution is -1.82. The van der Waals surface area contributed by atoms with Gasteiger partial charge < -0.3 is 0 Å². The Bertz CT molecular complexity index is 259. The van der Waals surface area contributed by atoms with E-state index < -0.39 is 0 Å². The Morgan fingerprint density at radius 2 is 2.50 bits per heavy atom. The summed E-state index contributed by atoms with van der Waals surface area (Å²) in [6.45, 7) is 1.57. The van der Waals surface area contributed by atoms with Gasteiger partial charge in [0.05, 0.1) is 0 Å². The maximum Gasteiger partial charge on any atom is 0.152 e. The summed E-state index contributed by atoms with van der Waals surface area (Å²) in [7, 11) is 0. The van der Waals surface area contributed by atoms with Crippen LogP contribution in [0.2, 0.25) is 0 Å². The fourth-order valence-corrected chi connectivity index (χ4v) is 1.64. The maximum absolute atomic E-state index is 10.5. The molecule has 0 amide bonds. The van der Waals surface area contributed by atoms with Gasteiger partial charge in [-0.3, -0.25) is 4.79 Å². The van der Waals surface area contributed by atoms with Crippen molar-refractivity contribution in [3.8, 4) is 0 Å². The van der Waals surface area contributed by atoms with E-state index in [1.807, 2.05) is 6.08 Å². The zero-order valence-corrected chi connectivity index (χ0v) is 7.93. The zero-order chi connectivity index (χ0) is 8.81. The molecule has 1 aromatic heterocycles. The van der Waals surface area contributed by atoms with Gasteiger partial charge in [-0.2, -0.15) is 11.3 Å². The van der Waals surface area contributed by atoms with Gasteiger partial charge in [-0.25, -0.2) is 0 Å². The SMILES string of the molecule is CC(=O)/C=C/CCc1ccsc1. The molecule has 0 unspecified atom stereocenters.